The van der Waals surface area contributed by atoms with Crippen LogP contribution in [0.2, 0.25) is 5.15 Å². The van der Waals surface area contributed by atoms with Crippen LogP contribution in [0.15, 0.2) is 12.4 Å². The molecule has 1 saturated heterocycles. The van der Waals surface area contributed by atoms with E-state index in [1.165, 1.54) is 18.8 Å². The Labute approximate surface area is 125 Å². The van der Waals surface area contributed by atoms with E-state index >= 15 is 0 Å². The lowest BCUT2D eigenvalue weighted by Gasteiger charge is -2.29. The minimum atomic E-state index is -0.0606. The van der Waals surface area contributed by atoms with Crippen LogP contribution in [0.5, 0.6) is 0 Å². The molecule has 0 saturated carbocycles. The van der Waals surface area contributed by atoms with Gasteiger partial charge in [-0.05, 0) is 30.6 Å². The number of halogens is 1. The summed E-state index contributed by atoms with van der Waals surface area (Å²) in [4.78, 5) is 22.3. The molecule has 0 radical (unpaired) electrons. The van der Waals surface area contributed by atoms with Crippen LogP contribution in [-0.4, -0.2) is 33.9 Å². The van der Waals surface area contributed by atoms with Gasteiger partial charge in [-0.25, -0.2) is 4.98 Å². The van der Waals surface area contributed by atoms with Gasteiger partial charge in [0.25, 0.3) is 5.91 Å². The molecule has 4 nitrogen and oxygen atoms in total. The van der Waals surface area contributed by atoms with E-state index in [0.29, 0.717) is 17.0 Å². The van der Waals surface area contributed by atoms with Crippen LogP contribution in [0, 0.1) is 11.3 Å². The molecule has 0 aromatic carbocycles. The molecule has 1 amide bonds. The molecule has 0 N–H and O–H groups in total. The van der Waals surface area contributed by atoms with Crippen LogP contribution in [-0.2, 0) is 0 Å². The fraction of sp³-hybridized carbons (Fsp3) is 0.667. The van der Waals surface area contributed by atoms with Crippen molar-refractivity contribution < 1.29 is 4.79 Å². The molecule has 0 spiro atoms. The quantitative estimate of drug-likeness (QED) is 0.797. The van der Waals surface area contributed by atoms with Crippen LogP contribution in [0.4, 0.5) is 0 Å². The fourth-order valence-corrected chi connectivity index (χ4v) is 2.92. The zero-order valence-electron chi connectivity index (χ0n) is 12.4. The third kappa shape index (κ3) is 3.69. The zero-order chi connectivity index (χ0) is 14.8. The molecule has 1 aliphatic rings. The monoisotopic (exact) mass is 295 g/mol. The minimum absolute atomic E-state index is 0.0606. The van der Waals surface area contributed by atoms with Crippen molar-refractivity contribution in [1.29, 1.82) is 0 Å². The SMILES string of the molecule is CC(C)(C)C1CCCN(C(=O)c2cncc(Cl)n2)CC1. The highest BCUT2D eigenvalue weighted by Gasteiger charge is 2.29. The molecule has 1 aliphatic heterocycles. The molecule has 1 unspecified atom stereocenters. The number of hydrogen-bond acceptors (Lipinski definition) is 3. The summed E-state index contributed by atoms with van der Waals surface area (Å²) in [6.07, 6.45) is 6.19. The highest BCUT2D eigenvalue weighted by molar-refractivity contribution is 6.29. The van der Waals surface area contributed by atoms with Crippen molar-refractivity contribution in [3.8, 4) is 0 Å². The average Bonchev–Trinajstić information content (AvgIpc) is 2.63. The lowest BCUT2D eigenvalue weighted by Crippen LogP contribution is -2.33. The van der Waals surface area contributed by atoms with Crippen LogP contribution in [0.1, 0.15) is 50.5 Å². The van der Waals surface area contributed by atoms with Crippen molar-refractivity contribution in [3.63, 3.8) is 0 Å². The topological polar surface area (TPSA) is 46.1 Å². The molecule has 2 rings (SSSR count). The Bertz CT molecular complexity index is 484. The molecule has 0 aliphatic carbocycles. The lowest BCUT2D eigenvalue weighted by molar-refractivity contribution is 0.0749. The first-order valence-electron chi connectivity index (χ1n) is 7.15. The van der Waals surface area contributed by atoms with Crippen molar-refractivity contribution in [2.75, 3.05) is 13.1 Å². The molecule has 1 aromatic heterocycles. The molecule has 2 heterocycles. The molecule has 1 fully saturated rings. The molecule has 1 aromatic rings. The van der Waals surface area contributed by atoms with Crippen molar-refractivity contribution in [2.24, 2.45) is 11.3 Å². The van der Waals surface area contributed by atoms with Gasteiger partial charge in [0.15, 0.2) is 0 Å². The Morgan fingerprint density at radius 1 is 1.30 bits per heavy atom. The third-order valence-corrected chi connectivity index (χ3v) is 4.25. The number of likely N-dealkylation sites (tertiary alicyclic amines) is 1. The van der Waals surface area contributed by atoms with E-state index < -0.39 is 0 Å². The number of aromatic nitrogens is 2. The average molecular weight is 296 g/mol. The van der Waals surface area contributed by atoms with E-state index in [9.17, 15) is 4.79 Å². The summed E-state index contributed by atoms with van der Waals surface area (Å²) >= 11 is 5.80. The predicted molar refractivity (Wildman–Crippen MR) is 79.7 cm³/mol. The van der Waals surface area contributed by atoms with Gasteiger partial charge in [-0.1, -0.05) is 32.4 Å². The molecule has 20 heavy (non-hydrogen) atoms. The second-order valence-corrected chi connectivity index (χ2v) is 6.90. The van der Waals surface area contributed by atoms with E-state index in [1.54, 1.807) is 0 Å². The van der Waals surface area contributed by atoms with E-state index in [-0.39, 0.29) is 11.1 Å². The molecule has 5 heteroatoms. The Morgan fingerprint density at radius 3 is 2.70 bits per heavy atom. The third-order valence-electron chi connectivity index (χ3n) is 4.06. The minimum Gasteiger partial charge on any atom is -0.337 e. The van der Waals surface area contributed by atoms with Crippen molar-refractivity contribution >= 4 is 17.5 Å². The van der Waals surface area contributed by atoms with Crippen molar-refractivity contribution in [1.82, 2.24) is 14.9 Å². The van der Waals surface area contributed by atoms with Gasteiger partial charge in [0, 0.05) is 13.1 Å². The molecule has 0 bridgehead atoms. The Balaban J connectivity index is 2.05. The first kappa shape index (κ1) is 15.2. The van der Waals surface area contributed by atoms with Gasteiger partial charge in [0.1, 0.15) is 10.8 Å². The van der Waals surface area contributed by atoms with Gasteiger partial charge < -0.3 is 4.90 Å². The molecular weight excluding hydrogens is 274 g/mol. The summed E-state index contributed by atoms with van der Waals surface area (Å²) in [7, 11) is 0. The molecule has 1 atom stereocenters. The number of carbonyl (C=O) groups excluding carboxylic acids is 1. The van der Waals surface area contributed by atoms with E-state index in [4.69, 9.17) is 11.6 Å². The first-order chi connectivity index (χ1) is 9.38. The van der Waals surface area contributed by atoms with Gasteiger partial charge in [0.05, 0.1) is 12.4 Å². The maximum Gasteiger partial charge on any atom is 0.274 e. The van der Waals surface area contributed by atoms with E-state index in [2.05, 4.69) is 30.7 Å². The summed E-state index contributed by atoms with van der Waals surface area (Å²) in [5, 5.41) is 0.262. The highest BCUT2D eigenvalue weighted by Crippen LogP contribution is 2.34. The number of nitrogens with zero attached hydrogens (tertiary/aromatic N) is 3. The van der Waals surface area contributed by atoms with Crippen molar-refractivity contribution in [3.05, 3.63) is 23.2 Å². The van der Waals surface area contributed by atoms with Gasteiger partial charge >= 0.3 is 0 Å². The normalized spacial score (nSPS) is 20.6. The molecular formula is C15H22ClN3O. The summed E-state index contributed by atoms with van der Waals surface area (Å²) < 4.78 is 0. The number of hydrogen-bond donors (Lipinski definition) is 0. The second-order valence-electron chi connectivity index (χ2n) is 6.51. The molecule has 110 valence electrons. The maximum absolute atomic E-state index is 12.4. The van der Waals surface area contributed by atoms with Gasteiger partial charge in [-0.2, -0.15) is 0 Å². The predicted octanol–water partition coefficient (Wildman–Crippen LogP) is 3.42. The summed E-state index contributed by atoms with van der Waals surface area (Å²) in [5.74, 6) is 0.598. The number of amides is 1. The Morgan fingerprint density at radius 2 is 2.05 bits per heavy atom. The second kappa shape index (κ2) is 6.08. The smallest absolute Gasteiger partial charge is 0.274 e. The highest BCUT2D eigenvalue weighted by atomic mass is 35.5. The van der Waals surface area contributed by atoms with Crippen LogP contribution in [0.3, 0.4) is 0 Å². The van der Waals surface area contributed by atoms with E-state index in [1.807, 2.05) is 4.90 Å². The number of carbonyl (C=O) groups is 1. The summed E-state index contributed by atoms with van der Waals surface area (Å²) in [5.41, 5.74) is 0.640. The largest absolute Gasteiger partial charge is 0.337 e. The van der Waals surface area contributed by atoms with Gasteiger partial charge in [-0.15, -0.1) is 0 Å². The first-order valence-corrected chi connectivity index (χ1v) is 7.52. The van der Waals surface area contributed by atoms with Gasteiger partial charge in [-0.3, -0.25) is 9.78 Å². The Hall–Kier alpha value is -1.16. The summed E-state index contributed by atoms with van der Waals surface area (Å²) in [6, 6.07) is 0. The van der Waals surface area contributed by atoms with Crippen LogP contribution >= 0.6 is 11.6 Å². The zero-order valence-corrected chi connectivity index (χ0v) is 13.2. The van der Waals surface area contributed by atoms with Gasteiger partial charge in [0.2, 0.25) is 0 Å². The number of rotatable bonds is 1. The van der Waals surface area contributed by atoms with E-state index in [0.717, 1.165) is 25.9 Å². The van der Waals surface area contributed by atoms with Crippen LogP contribution in [0.25, 0.3) is 0 Å². The maximum atomic E-state index is 12.4. The van der Waals surface area contributed by atoms with Crippen molar-refractivity contribution in [2.45, 2.75) is 40.0 Å². The standard InChI is InChI=1S/C15H22ClN3O/c1-15(2,3)11-5-4-7-19(8-6-11)14(20)12-9-17-10-13(16)18-12/h9-11H,4-8H2,1-3H3. The van der Waals surface area contributed by atoms with Crippen LogP contribution < -0.4 is 0 Å². The lowest BCUT2D eigenvalue weighted by atomic mass is 9.77. The summed E-state index contributed by atoms with van der Waals surface area (Å²) in [6.45, 7) is 8.40. The fourth-order valence-electron chi connectivity index (χ4n) is 2.77. The Kier molecular flexibility index (Phi) is 4.63.